The van der Waals surface area contributed by atoms with E-state index in [0.29, 0.717) is 146 Å². The van der Waals surface area contributed by atoms with Crippen LogP contribution >= 0.6 is 0 Å². The van der Waals surface area contributed by atoms with Crippen LogP contribution in [0.1, 0.15) is 224 Å². The minimum atomic E-state index is -0.743. The molecule has 4 aliphatic heterocycles. The molecule has 0 atom stereocenters. The molecule has 0 bridgehead atoms. The lowest BCUT2D eigenvalue weighted by Crippen LogP contribution is -2.38. The first-order chi connectivity index (χ1) is 60.1. The molecule has 8 aromatic rings. The number of benzene rings is 6. The number of nitrogens with one attached hydrogen (secondary N) is 6. The van der Waals surface area contributed by atoms with Gasteiger partial charge in [0.1, 0.15) is 29.5 Å². The predicted molar refractivity (Wildman–Crippen MR) is 486 cm³/mol. The molecule has 27 heteroatoms. The number of amidine groups is 2. The summed E-state index contributed by atoms with van der Waals surface area (Å²) in [7, 11) is 0. The fourth-order valence-corrected chi connectivity index (χ4v) is 15.7. The number of pyridine rings is 2. The molecule has 0 fully saturated rings. The quantitative estimate of drug-likeness (QED) is 0.0136. The topological polar surface area (TPSA) is 343 Å². The van der Waals surface area contributed by atoms with Gasteiger partial charge in [0.25, 0.3) is 23.6 Å². The Labute approximate surface area is 731 Å². The van der Waals surface area contributed by atoms with Crippen LogP contribution in [0.3, 0.4) is 0 Å². The molecular formula is C98H115N15O12. The van der Waals surface area contributed by atoms with Gasteiger partial charge in [-0.05, 0) is 191 Å². The summed E-state index contributed by atoms with van der Waals surface area (Å²) >= 11 is 0. The van der Waals surface area contributed by atoms with E-state index in [2.05, 4.69) is 70.9 Å². The Morgan fingerprint density at radius 1 is 0.488 bits per heavy atom. The number of nitrogens with zero attached hydrogens (tertiary/aromatic N) is 8. The molecule has 0 saturated carbocycles. The first-order valence-corrected chi connectivity index (χ1v) is 43.3. The number of ether oxygens (including phenoxy) is 3. The summed E-state index contributed by atoms with van der Waals surface area (Å²) in [5.41, 5.74) is 21.0. The number of aromatic nitrogens is 2. The summed E-state index contributed by atoms with van der Waals surface area (Å²) in [6, 6.07) is 45.8. The highest BCUT2D eigenvalue weighted by molar-refractivity contribution is 6.12. The van der Waals surface area contributed by atoms with Crippen LogP contribution in [-0.2, 0) is 67.6 Å². The number of fused-ring (bicyclic) bond motifs is 7. The second-order valence-electron chi connectivity index (χ2n) is 33.9. The zero-order valence-electron chi connectivity index (χ0n) is 73.3. The molecule has 1 aliphatic carbocycles. The van der Waals surface area contributed by atoms with Gasteiger partial charge in [-0.1, -0.05) is 113 Å². The van der Waals surface area contributed by atoms with Gasteiger partial charge in [-0.2, -0.15) is 0 Å². The summed E-state index contributed by atoms with van der Waals surface area (Å²) in [4.78, 5) is 146. The molecule has 5 aliphatic rings. The van der Waals surface area contributed by atoms with Gasteiger partial charge in [0.15, 0.2) is 0 Å². The minimum absolute atomic E-state index is 0.00911. The maximum absolute atomic E-state index is 13.8. The molecule has 0 saturated heterocycles. The Morgan fingerprint density at radius 2 is 0.896 bits per heavy atom. The summed E-state index contributed by atoms with van der Waals surface area (Å²) in [5, 5.41) is 17.2. The molecule has 27 nitrogen and oxygen atoms in total. The van der Waals surface area contributed by atoms with E-state index in [4.69, 9.17) is 34.9 Å². The Hall–Kier alpha value is -12.9. The molecule has 6 aromatic carbocycles. The van der Waals surface area contributed by atoms with Gasteiger partial charge in [-0.25, -0.2) is 19.6 Å². The highest BCUT2D eigenvalue weighted by Crippen LogP contribution is 2.45. The van der Waals surface area contributed by atoms with Crippen molar-refractivity contribution in [2.75, 3.05) is 76.1 Å². The zero-order valence-corrected chi connectivity index (χ0v) is 73.3. The van der Waals surface area contributed by atoms with Crippen molar-refractivity contribution in [1.29, 1.82) is 0 Å². The van der Waals surface area contributed by atoms with E-state index < -0.39 is 23.4 Å². The Bertz CT molecular complexity index is 5370. The lowest BCUT2D eigenvalue weighted by atomic mass is 9.98. The van der Waals surface area contributed by atoms with Crippen LogP contribution in [-0.4, -0.2) is 172 Å². The summed E-state index contributed by atoms with van der Waals surface area (Å²) < 4.78 is 16.7. The lowest BCUT2D eigenvalue weighted by molar-refractivity contribution is -0.144. The highest BCUT2D eigenvalue weighted by Gasteiger charge is 2.32. The molecule has 0 unspecified atom stereocenters. The SMILES string of the molecule is CCCN(CCC)C(=O)C1=Cc2ccc(C(=O)Nc3cnc4c(c3)CN(Cc3ccc(C(=O)NCCCC(=O)OCC5c6ccccc6-c6ccccc65)cc3)CC4)cc2N=C(NC(=O)OC(C)(C)C)C1.CCCN(CCC)C(=O)C1=Cc2ccc(C(=O)Nc3cnc4c(c3)CN(Cc3ccc(C(=O)NCCN)cc3)CC4)cc2N=C(NC(=O)OC(C)(C)C)C1. The molecule has 0 spiro atoms. The number of rotatable bonds is 28. The van der Waals surface area contributed by atoms with Gasteiger partial charge >= 0.3 is 18.2 Å². The van der Waals surface area contributed by atoms with E-state index in [1.54, 1.807) is 102 Å². The van der Waals surface area contributed by atoms with Crippen molar-refractivity contribution in [2.45, 2.75) is 177 Å². The molecule has 125 heavy (non-hydrogen) atoms. The van der Waals surface area contributed by atoms with Crippen LogP contribution in [0.15, 0.2) is 179 Å². The van der Waals surface area contributed by atoms with Crippen molar-refractivity contribution in [3.63, 3.8) is 0 Å². The molecular weight excluding hydrogens is 1580 g/mol. The first-order valence-electron chi connectivity index (χ1n) is 43.3. The number of hydrogen-bond acceptors (Lipinski definition) is 19. The monoisotopic (exact) mass is 1690 g/mol. The number of aliphatic imine (C=N–C) groups is 2. The maximum atomic E-state index is 13.8. The third-order valence-corrected chi connectivity index (χ3v) is 21.5. The molecule has 654 valence electrons. The van der Waals surface area contributed by atoms with Crippen molar-refractivity contribution in [2.24, 2.45) is 15.7 Å². The Balaban J connectivity index is 0.000000237. The zero-order chi connectivity index (χ0) is 88.9. The number of alkyl carbamates (subject to hydrolysis) is 2. The summed E-state index contributed by atoms with van der Waals surface area (Å²) in [6.45, 7) is 26.9. The van der Waals surface area contributed by atoms with E-state index in [9.17, 15) is 43.2 Å². The molecule has 6 heterocycles. The van der Waals surface area contributed by atoms with Gasteiger partial charge in [0, 0.05) is 179 Å². The first kappa shape index (κ1) is 91.4. The Morgan fingerprint density at radius 3 is 1.30 bits per heavy atom. The van der Waals surface area contributed by atoms with Gasteiger partial charge in [-0.3, -0.25) is 64.0 Å². The average molecular weight is 1700 g/mol. The average Bonchev–Trinajstić information content (AvgIpc) is 1.61. The normalized spacial score (nSPS) is 14.0. The minimum Gasteiger partial charge on any atom is -0.465 e. The number of anilines is 2. The summed E-state index contributed by atoms with van der Waals surface area (Å²) in [6.07, 6.45) is 11.2. The number of hydrogen-bond donors (Lipinski definition) is 7. The van der Waals surface area contributed by atoms with Crippen molar-refractivity contribution in [3.05, 3.63) is 247 Å². The second kappa shape index (κ2) is 42.5. The highest BCUT2D eigenvalue weighted by atomic mass is 16.6. The Kier molecular flexibility index (Phi) is 31.1. The van der Waals surface area contributed by atoms with Crippen molar-refractivity contribution in [3.8, 4) is 11.1 Å². The fraction of sp³-hybridized carbons (Fsp3) is 0.378. The molecule has 13 rings (SSSR count). The van der Waals surface area contributed by atoms with Gasteiger partial charge in [-0.15, -0.1) is 0 Å². The number of nitrogens with two attached hydrogens (primary N) is 1. The number of carbonyl (C=O) groups excluding carboxylic acids is 9. The van der Waals surface area contributed by atoms with Crippen LogP contribution < -0.4 is 37.6 Å². The third-order valence-electron chi connectivity index (χ3n) is 21.5. The third kappa shape index (κ3) is 25.2. The smallest absolute Gasteiger partial charge is 0.413 e. The van der Waals surface area contributed by atoms with Crippen LogP contribution in [0.5, 0.6) is 0 Å². The maximum Gasteiger partial charge on any atom is 0.413 e. The van der Waals surface area contributed by atoms with Crippen molar-refractivity contribution in [1.82, 2.24) is 50.8 Å². The van der Waals surface area contributed by atoms with Crippen LogP contribution in [0, 0.1) is 0 Å². The number of esters is 1. The van der Waals surface area contributed by atoms with E-state index in [1.807, 2.05) is 122 Å². The standard InChI is InChI=1S/C57H63N7O7.C41H52N8O5/c1-6-26-64(27-7-2)55(68)41-29-39-22-23-40(31-50(39)61-51(32-41)62-56(69)71-57(3,4)5)54(67)60-43-30-42-35-63(28-24-49(42)59-33-43)34-37-18-20-38(21-19-37)53(66)58-25-12-17-52(65)70-36-48-46-15-10-8-13-44(46)45-14-9-11-16-47(45)48;1-6-17-49(18-7-2)39(52)31-20-29-12-13-30(22-35(29)46-36(23-31)47-40(53)54-41(3,4)5)38(51)45-33-21-32-26-48(19-14-34(32)44-24-33)25-27-8-10-28(11-9-27)37(50)43-16-15-42/h8-11,13-16,18-23,29-31,33,48H,6-7,12,17,24-28,32,34-36H2,1-5H3,(H,58,66)(H,60,67)(H,61,62,69);8-13,20-22,24H,6-7,14-19,23,25-26,42H2,1-5H3,(H,43,50)(H,45,51)(H,46,47,53). The van der Waals surface area contributed by atoms with Gasteiger partial charge in [0.05, 0.1) is 35.1 Å². The van der Waals surface area contributed by atoms with Crippen LogP contribution in [0.2, 0.25) is 0 Å². The van der Waals surface area contributed by atoms with E-state index in [1.165, 1.54) is 22.3 Å². The predicted octanol–water partition coefficient (Wildman–Crippen LogP) is 15.3. The molecule has 0 radical (unpaired) electrons. The fourth-order valence-electron chi connectivity index (χ4n) is 15.7. The second-order valence-corrected chi connectivity index (χ2v) is 33.9. The van der Waals surface area contributed by atoms with E-state index in [0.717, 1.165) is 85.3 Å². The molecule has 2 aromatic heterocycles. The van der Waals surface area contributed by atoms with Crippen molar-refractivity contribution >= 4 is 100 Å². The molecule has 8 N–H and O–H groups in total. The van der Waals surface area contributed by atoms with Crippen LogP contribution in [0.4, 0.5) is 32.3 Å². The number of carbonyl (C=O) groups is 9. The number of amides is 8. The van der Waals surface area contributed by atoms with E-state index >= 15 is 0 Å². The van der Waals surface area contributed by atoms with Gasteiger partial charge in [0.2, 0.25) is 11.8 Å². The van der Waals surface area contributed by atoms with E-state index in [-0.39, 0.29) is 84.9 Å². The van der Waals surface area contributed by atoms with Crippen LogP contribution in [0.25, 0.3) is 23.3 Å². The van der Waals surface area contributed by atoms with Crippen molar-refractivity contribution < 1.29 is 57.4 Å². The summed E-state index contributed by atoms with van der Waals surface area (Å²) in [5.74, 6) is -1.08. The largest absolute Gasteiger partial charge is 0.465 e. The lowest BCUT2D eigenvalue weighted by Gasteiger charge is -2.28. The molecule has 8 amide bonds. The van der Waals surface area contributed by atoms with Gasteiger partial charge < -0.3 is 51.0 Å².